The van der Waals surface area contributed by atoms with Crippen molar-refractivity contribution in [3.05, 3.63) is 114 Å². The van der Waals surface area contributed by atoms with Gasteiger partial charge in [0, 0.05) is 55.2 Å². The molecule has 0 amide bonds. The van der Waals surface area contributed by atoms with Crippen LogP contribution < -0.4 is 14.0 Å². The van der Waals surface area contributed by atoms with Crippen LogP contribution in [0.25, 0.3) is 11.1 Å². The zero-order valence-corrected chi connectivity index (χ0v) is 19.8. The lowest BCUT2D eigenvalue weighted by atomic mass is 10.00. The molecule has 4 rings (SSSR count). The van der Waals surface area contributed by atoms with Crippen molar-refractivity contribution in [3.63, 3.8) is 0 Å². The predicted molar refractivity (Wildman–Crippen MR) is 133 cm³/mol. The first kappa shape index (κ1) is 23.1. The molecule has 5 nitrogen and oxygen atoms in total. The Balaban J connectivity index is 1.39. The fourth-order valence-electron chi connectivity index (χ4n) is 3.70. The summed E-state index contributed by atoms with van der Waals surface area (Å²) in [6.07, 6.45) is 7.67. The highest BCUT2D eigenvalue weighted by atomic mass is 16.1. The van der Waals surface area contributed by atoms with Gasteiger partial charge in [-0.1, -0.05) is 48.5 Å². The van der Waals surface area contributed by atoms with Gasteiger partial charge in [0.1, 0.15) is 0 Å². The molecule has 0 aliphatic carbocycles. The van der Waals surface area contributed by atoms with Gasteiger partial charge in [0.2, 0.25) is 24.7 Å². The Morgan fingerprint density at radius 1 is 0.618 bits per heavy atom. The second-order valence-corrected chi connectivity index (χ2v) is 8.67. The van der Waals surface area contributed by atoms with E-state index in [2.05, 4.69) is 0 Å². The number of hydrogen-bond acceptors (Lipinski definition) is 3. The molecule has 5 heteroatoms. The quantitative estimate of drug-likeness (QED) is 0.300. The summed E-state index contributed by atoms with van der Waals surface area (Å²) in [4.78, 5) is 27.3. The monoisotopic (exact) mass is 451 g/mol. The second-order valence-electron chi connectivity index (χ2n) is 8.67. The van der Waals surface area contributed by atoms with E-state index in [1.54, 1.807) is 0 Å². The molecule has 2 aromatic carbocycles. The molecule has 0 radical (unpaired) electrons. The standard InChI is InChI=1S/C29H29N3O2/c1-22-12-16-31(17-13-22)20-28(33)25-8-4-23(5-9-25)24-6-10-26(11-7-24)29(34)21-32-18-14-27(15-19-32)30(2)3/h4-19H,20-21H2,1-3H3/q+2. The average molecular weight is 452 g/mol. The van der Waals surface area contributed by atoms with Crippen LogP contribution in [0.15, 0.2) is 97.6 Å². The van der Waals surface area contributed by atoms with Gasteiger partial charge in [-0.05, 0) is 23.6 Å². The van der Waals surface area contributed by atoms with E-state index in [0.717, 1.165) is 22.4 Å². The summed E-state index contributed by atoms with van der Waals surface area (Å²) in [5.41, 5.74) is 5.63. The number of Topliss-reactive ketones (excluding diaryl/α,β-unsaturated/α-hetero) is 2. The second kappa shape index (κ2) is 10.2. The van der Waals surface area contributed by atoms with Crippen molar-refractivity contribution < 1.29 is 18.7 Å². The number of ketones is 2. The minimum absolute atomic E-state index is 0.0590. The number of anilines is 1. The van der Waals surface area contributed by atoms with Crippen molar-refractivity contribution in [2.75, 3.05) is 19.0 Å². The highest BCUT2D eigenvalue weighted by Gasteiger charge is 2.14. The molecule has 0 bridgehead atoms. The third kappa shape index (κ3) is 5.62. The van der Waals surface area contributed by atoms with Crippen molar-refractivity contribution in [2.45, 2.75) is 20.0 Å². The summed E-state index contributed by atoms with van der Waals surface area (Å²) in [5, 5.41) is 0. The fraction of sp³-hybridized carbons (Fsp3) is 0.172. The number of hydrogen-bond donors (Lipinski definition) is 0. The predicted octanol–water partition coefficient (Wildman–Crippen LogP) is 4.07. The van der Waals surface area contributed by atoms with Crippen LogP contribution in [-0.2, 0) is 13.1 Å². The highest BCUT2D eigenvalue weighted by Crippen LogP contribution is 2.21. The summed E-state index contributed by atoms with van der Waals surface area (Å²) in [6.45, 7) is 2.63. The molecule has 0 aliphatic rings. The van der Waals surface area contributed by atoms with Crippen molar-refractivity contribution >= 4 is 17.3 Å². The first-order chi connectivity index (χ1) is 16.4. The van der Waals surface area contributed by atoms with Gasteiger partial charge in [-0.25, -0.2) is 0 Å². The Bertz CT molecular complexity index is 1280. The molecule has 0 spiro atoms. The molecule has 0 N–H and O–H groups in total. The van der Waals surface area contributed by atoms with Crippen LogP contribution in [-0.4, -0.2) is 25.7 Å². The number of aryl methyl sites for hydroxylation is 1. The molecule has 4 aromatic rings. The summed E-state index contributed by atoms with van der Waals surface area (Å²) < 4.78 is 3.77. The Morgan fingerprint density at radius 3 is 1.38 bits per heavy atom. The lowest BCUT2D eigenvalue weighted by molar-refractivity contribution is -0.683. The van der Waals surface area contributed by atoms with Gasteiger partial charge < -0.3 is 4.90 Å². The van der Waals surface area contributed by atoms with Gasteiger partial charge in [-0.3, -0.25) is 9.59 Å². The van der Waals surface area contributed by atoms with Crippen LogP contribution in [0.4, 0.5) is 5.69 Å². The van der Waals surface area contributed by atoms with E-state index >= 15 is 0 Å². The maximum absolute atomic E-state index is 12.7. The molecule has 0 fully saturated rings. The first-order valence-electron chi connectivity index (χ1n) is 11.3. The van der Waals surface area contributed by atoms with E-state index in [0.29, 0.717) is 24.2 Å². The first-order valence-corrected chi connectivity index (χ1v) is 11.3. The highest BCUT2D eigenvalue weighted by molar-refractivity contribution is 5.96. The number of benzene rings is 2. The van der Waals surface area contributed by atoms with Gasteiger partial charge in [0.25, 0.3) is 0 Å². The lowest BCUT2D eigenvalue weighted by Gasteiger charge is -2.10. The van der Waals surface area contributed by atoms with Crippen molar-refractivity contribution in [1.29, 1.82) is 0 Å². The molecule has 34 heavy (non-hydrogen) atoms. The average Bonchev–Trinajstić information content (AvgIpc) is 2.86. The van der Waals surface area contributed by atoms with Gasteiger partial charge in [-0.2, -0.15) is 9.13 Å². The Hall–Kier alpha value is -4.12. The number of aromatic nitrogens is 2. The molecular formula is C29H29N3O2+2. The Kier molecular flexibility index (Phi) is 6.93. The lowest BCUT2D eigenvalue weighted by Crippen LogP contribution is -2.37. The zero-order chi connectivity index (χ0) is 24.1. The Labute approximate surface area is 200 Å². The molecule has 170 valence electrons. The Morgan fingerprint density at radius 2 is 1.00 bits per heavy atom. The number of rotatable bonds is 8. The maximum atomic E-state index is 12.7. The zero-order valence-electron chi connectivity index (χ0n) is 19.8. The normalized spacial score (nSPS) is 10.7. The van der Waals surface area contributed by atoms with Gasteiger partial charge in [0.05, 0.1) is 0 Å². The molecule has 0 saturated carbocycles. The van der Waals surface area contributed by atoms with Crippen LogP contribution in [0, 0.1) is 6.92 Å². The van der Waals surface area contributed by atoms with E-state index in [1.165, 1.54) is 0 Å². The van der Waals surface area contributed by atoms with Crippen LogP contribution in [0.2, 0.25) is 0 Å². The van der Waals surface area contributed by atoms with E-state index in [9.17, 15) is 9.59 Å². The van der Waals surface area contributed by atoms with Crippen LogP contribution in [0.5, 0.6) is 0 Å². The van der Waals surface area contributed by atoms with Crippen molar-refractivity contribution in [2.24, 2.45) is 0 Å². The SMILES string of the molecule is Cc1cc[n+](CC(=O)c2ccc(-c3ccc(C(=O)C[n+]4ccc(N(C)C)cc4)cc3)cc2)cc1. The van der Waals surface area contributed by atoms with Crippen molar-refractivity contribution in [3.8, 4) is 11.1 Å². The van der Waals surface area contributed by atoms with Gasteiger partial charge in [-0.15, -0.1) is 0 Å². The van der Waals surface area contributed by atoms with Crippen LogP contribution in [0.1, 0.15) is 26.3 Å². The van der Waals surface area contributed by atoms with E-state index in [-0.39, 0.29) is 11.6 Å². The van der Waals surface area contributed by atoms with E-state index in [1.807, 2.05) is 133 Å². The van der Waals surface area contributed by atoms with E-state index in [4.69, 9.17) is 0 Å². The summed E-state index contributed by atoms with van der Waals surface area (Å²) in [5.74, 6) is 0.126. The van der Waals surface area contributed by atoms with Gasteiger partial charge >= 0.3 is 0 Å². The van der Waals surface area contributed by atoms with Crippen LogP contribution in [0.3, 0.4) is 0 Å². The molecule has 0 aliphatic heterocycles. The summed E-state index contributed by atoms with van der Waals surface area (Å²) in [6, 6.07) is 23.2. The van der Waals surface area contributed by atoms with E-state index < -0.39 is 0 Å². The third-order valence-electron chi connectivity index (χ3n) is 5.85. The maximum Gasteiger partial charge on any atom is 0.227 e. The fourth-order valence-corrected chi connectivity index (χ4v) is 3.70. The molecule has 2 heterocycles. The largest absolute Gasteiger partial charge is 0.377 e. The van der Waals surface area contributed by atoms with Crippen LogP contribution >= 0.6 is 0 Å². The summed E-state index contributed by atoms with van der Waals surface area (Å²) in [7, 11) is 3.98. The molecule has 0 unspecified atom stereocenters. The minimum atomic E-state index is 0.0590. The molecule has 2 aromatic heterocycles. The number of pyridine rings is 2. The molecular weight excluding hydrogens is 422 g/mol. The number of carbonyl (C=O) groups is 2. The minimum Gasteiger partial charge on any atom is -0.377 e. The molecule has 0 saturated heterocycles. The summed E-state index contributed by atoms with van der Waals surface area (Å²) >= 11 is 0. The third-order valence-corrected chi connectivity index (χ3v) is 5.85. The van der Waals surface area contributed by atoms with Gasteiger partial charge in [0.15, 0.2) is 24.8 Å². The van der Waals surface area contributed by atoms with Crippen molar-refractivity contribution in [1.82, 2.24) is 0 Å². The molecule has 0 atom stereocenters. The number of carbonyl (C=O) groups excluding carboxylic acids is 2. The smallest absolute Gasteiger partial charge is 0.227 e. The number of nitrogens with zero attached hydrogens (tertiary/aromatic N) is 3. The topological polar surface area (TPSA) is 45.1 Å².